The van der Waals surface area contributed by atoms with Crippen LogP contribution in [-0.2, 0) is 0 Å². The molecule has 0 spiro atoms. The third-order valence-corrected chi connectivity index (χ3v) is 2.04. The molecule has 2 heterocycles. The van der Waals surface area contributed by atoms with Crippen LogP contribution in [0.15, 0.2) is 17.7 Å². The fourth-order valence-corrected chi connectivity index (χ4v) is 1.34. The SMILES string of the molecule is CSc1ncnc2nncnc12. The van der Waals surface area contributed by atoms with E-state index in [4.69, 9.17) is 0 Å². The summed E-state index contributed by atoms with van der Waals surface area (Å²) in [6.45, 7) is 0. The Morgan fingerprint density at radius 2 is 2.08 bits per heavy atom. The summed E-state index contributed by atoms with van der Waals surface area (Å²) in [6.07, 6.45) is 4.79. The molecule has 0 bridgehead atoms. The van der Waals surface area contributed by atoms with Gasteiger partial charge in [0.2, 0.25) is 5.65 Å². The van der Waals surface area contributed by atoms with Crippen molar-refractivity contribution in [3.05, 3.63) is 12.7 Å². The molecule has 0 saturated carbocycles. The summed E-state index contributed by atoms with van der Waals surface area (Å²) < 4.78 is 0. The van der Waals surface area contributed by atoms with Crippen LogP contribution in [0.4, 0.5) is 0 Å². The monoisotopic (exact) mass is 179 g/mol. The van der Waals surface area contributed by atoms with Crippen LogP contribution in [0.25, 0.3) is 11.2 Å². The molecule has 5 nitrogen and oxygen atoms in total. The quantitative estimate of drug-likeness (QED) is 0.470. The first kappa shape index (κ1) is 7.35. The first-order chi connectivity index (χ1) is 5.92. The molecule has 0 saturated heterocycles. The highest BCUT2D eigenvalue weighted by molar-refractivity contribution is 7.98. The van der Waals surface area contributed by atoms with Crippen LogP contribution in [0, 0.1) is 0 Å². The topological polar surface area (TPSA) is 64.5 Å². The molecule has 0 aliphatic rings. The molecule has 2 aromatic rings. The van der Waals surface area contributed by atoms with Gasteiger partial charge in [0.05, 0.1) is 0 Å². The average molecular weight is 179 g/mol. The van der Waals surface area contributed by atoms with Crippen LogP contribution in [0.5, 0.6) is 0 Å². The number of hydrogen-bond donors (Lipinski definition) is 0. The zero-order valence-electron chi connectivity index (χ0n) is 6.30. The highest BCUT2D eigenvalue weighted by Gasteiger charge is 2.03. The lowest BCUT2D eigenvalue weighted by molar-refractivity contribution is 0.962. The zero-order chi connectivity index (χ0) is 8.39. The van der Waals surface area contributed by atoms with Gasteiger partial charge in [0.1, 0.15) is 23.2 Å². The van der Waals surface area contributed by atoms with E-state index in [-0.39, 0.29) is 0 Å². The van der Waals surface area contributed by atoms with Gasteiger partial charge in [0.15, 0.2) is 0 Å². The van der Waals surface area contributed by atoms with E-state index in [1.165, 1.54) is 24.4 Å². The Morgan fingerprint density at radius 3 is 2.92 bits per heavy atom. The number of thioether (sulfide) groups is 1. The maximum Gasteiger partial charge on any atom is 0.204 e. The van der Waals surface area contributed by atoms with Crippen molar-refractivity contribution in [3.8, 4) is 0 Å². The Labute approximate surface area is 72.7 Å². The summed E-state index contributed by atoms with van der Waals surface area (Å²) in [5, 5.41) is 8.27. The van der Waals surface area contributed by atoms with Crippen molar-refractivity contribution in [2.75, 3.05) is 6.26 Å². The predicted molar refractivity (Wildman–Crippen MR) is 44.7 cm³/mol. The molecule has 6 heteroatoms. The second-order valence-corrected chi connectivity index (χ2v) is 2.81. The van der Waals surface area contributed by atoms with Crippen LogP contribution in [0.3, 0.4) is 0 Å². The van der Waals surface area contributed by atoms with E-state index in [2.05, 4.69) is 25.1 Å². The molecule has 0 radical (unpaired) electrons. The third-order valence-electron chi connectivity index (χ3n) is 1.35. The number of nitrogens with zero attached hydrogens (tertiary/aromatic N) is 5. The Balaban J connectivity index is 2.79. The molecular weight excluding hydrogens is 174 g/mol. The Morgan fingerprint density at radius 1 is 1.17 bits per heavy atom. The summed E-state index contributed by atoms with van der Waals surface area (Å²) in [5.41, 5.74) is 1.25. The minimum Gasteiger partial charge on any atom is -0.228 e. The molecule has 0 unspecified atom stereocenters. The second kappa shape index (κ2) is 2.98. The molecule has 0 N–H and O–H groups in total. The lowest BCUT2D eigenvalue weighted by Gasteiger charge is -1.96. The molecule has 0 fully saturated rings. The first-order valence-corrected chi connectivity index (χ1v) is 4.46. The van der Waals surface area contributed by atoms with Crippen LogP contribution in [0.2, 0.25) is 0 Å². The fourth-order valence-electron chi connectivity index (χ4n) is 0.853. The molecule has 0 aliphatic heterocycles. The summed E-state index contributed by atoms with van der Waals surface area (Å²) in [4.78, 5) is 12.0. The smallest absolute Gasteiger partial charge is 0.204 e. The van der Waals surface area contributed by atoms with E-state index in [0.717, 1.165) is 5.03 Å². The lowest BCUT2D eigenvalue weighted by Crippen LogP contribution is -1.93. The molecular formula is C6H5N5S. The van der Waals surface area contributed by atoms with Gasteiger partial charge in [-0.05, 0) is 6.26 Å². The second-order valence-electron chi connectivity index (χ2n) is 2.02. The van der Waals surface area contributed by atoms with Gasteiger partial charge in [-0.15, -0.1) is 22.0 Å². The Hall–Kier alpha value is -1.30. The maximum absolute atomic E-state index is 4.05. The number of hydrogen-bond acceptors (Lipinski definition) is 6. The Bertz CT molecular complexity index is 399. The summed E-state index contributed by atoms with van der Waals surface area (Å²) >= 11 is 1.52. The van der Waals surface area contributed by atoms with Gasteiger partial charge >= 0.3 is 0 Å². The summed E-state index contributed by atoms with van der Waals surface area (Å²) in [5.74, 6) is 0. The number of rotatable bonds is 1. The van der Waals surface area contributed by atoms with Gasteiger partial charge in [-0.2, -0.15) is 0 Å². The van der Waals surface area contributed by atoms with Crippen LogP contribution in [0.1, 0.15) is 0 Å². The van der Waals surface area contributed by atoms with Gasteiger partial charge in [0.25, 0.3) is 0 Å². The van der Waals surface area contributed by atoms with Crippen LogP contribution in [-0.4, -0.2) is 31.4 Å². The van der Waals surface area contributed by atoms with Gasteiger partial charge in [-0.3, -0.25) is 0 Å². The van der Waals surface area contributed by atoms with Gasteiger partial charge in [-0.25, -0.2) is 15.0 Å². The van der Waals surface area contributed by atoms with Crippen LogP contribution >= 0.6 is 11.8 Å². The minimum atomic E-state index is 0.539. The average Bonchev–Trinajstić information content (AvgIpc) is 2.17. The van der Waals surface area contributed by atoms with Crippen molar-refractivity contribution in [2.24, 2.45) is 0 Å². The number of aromatic nitrogens is 5. The standard InChI is InChI=1S/C6H5N5S/c1-12-6-4-5(8-2-9-6)11-10-3-7-4/h2-3H,1H3. The van der Waals surface area contributed by atoms with E-state index >= 15 is 0 Å². The van der Waals surface area contributed by atoms with Crippen molar-refractivity contribution in [2.45, 2.75) is 5.03 Å². The van der Waals surface area contributed by atoms with E-state index < -0.39 is 0 Å². The lowest BCUT2D eigenvalue weighted by atomic mass is 10.5. The zero-order valence-corrected chi connectivity index (χ0v) is 7.12. The Kier molecular flexibility index (Phi) is 1.83. The number of fused-ring (bicyclic) bond motifs is 1. The van der Waals surface area contributed by atoms with Gasteiger partial charge < -0.3 is 0 Å². The van der Waals surface area contributed by atoms with E-state index in [1.807, 2.05) is 6.26 Å². The minimum absolute atomic E-state index is 0.539. The largest absolute Gasteiger partial charge is 0.228 e. The maximum atomic E-state index is 4.05. The van der Waals surface area contributed by atoms with E-state index in [1.54, 1.807) is 0 Å². The first-order valence-electron chi connectivity index (χ1n) is 3.24. The fraction of sp³-hybridized carbons (Fsp3) is 0.167. The van der Waals surface area contributed by atoms with E-state index in [0.29, 0.717) is 11.2 Å². The van der Waals surface area contributed by atoms with Crippen molar-refractivity contribution in [1.82, 2.24) is 25.1 Å². The molecule has 0 aliphatic carbocycles. The normalized spacial score (nSPS) is 10.4. The van der Waals surface area contributed by atoms with E-state index in [9.17, 15) is 0 Å². The summed E-state index contributed by atoms with van der Waals surface area (Å²) in [6, 6.07) is 0. The van der Waals surface area contributed by atoms with Crippen LogP contribution < -0.4 is 0 Å². The predicted octanol–water partition coefficient (Wildman–Crippen LogP) is 0.537. The molecule has 2 aromatic heterocycles. The van der Waals surface area contributed by atoms with Crippen molar-refractivity contribution in [1.29, 1.82) is 0 Å². The third kappa shape index (κ3) is 1.10. The molecule has 0 aromatic carbocycles. The van der Waals surface area contributed by atoms with Crippen molar-refractivity contribution in [3.63, 3.8) is 0 Å². The van der Waals surface area contributed by atoms with Crippen molar-refractivity contribution >= 4 is 22.9 Å². The molecule has 0 atom stereocenters. The van der Waals surface area contributed by atoms with Gasteiger partial charge in [0, 0.05) is 0 Å². The highest BCUT2D eigenvalue weighted by atomic mass is 32.2. The molecule has 12 heavy (non-hydrogen) atoms. The summed E-state index contributed by atoms with van der Waals surface area (Å²) in [7, 11) is 0. The molecule has 0 amide bonds. The van der Waals surface area contributed by atoms with Crippen molar-refractivity contribution < 1.29 is 0 Å². The highest BCUT2D eigenvalue weighted by Crippen LogP contribution is 2.17. The molecule has 60 valence electrons. The van der Waals surface area contributed by atoms with Gasteiger partial charge in [-0.1, -0.05) is 0 Å². The molecule has 2 rings (SSSR count).